The predicted molar refractivity (Wildman–Crippen MR) is 79.8 cm³/mol. The second kappa shape index (κ2) is 7.50. The summed E-state index contributed by atoms with van der Waals surface area (Å²) in [6.07, 6.45) is 0.343. The summed E-state index contributed by atoms with van der Waals surface area (Å²) < 4.78 is 5.21. The van der Waals surface area contributed by atoms with Crippen LogP contribution in [0, 0.1) is 0 Å². The molecule has 0 spiro atoms. The van der Waals surface area contributed by atoms with E-state index in [0.717, 1.165) is 5.56 Å². The van der Waals surface area contributed by atoms with Gasteiger partial charge in [-0.2, -0.15) is 0 Å². The van der Waals surface area contributed by atoms with E-state index in [0.29, 0.717) is 6.42 Å². The Balaban J connectivity index is 2.63. The van der Waals surface area contributed by atoms with Crippen molar-refractivity contribution in [1.82, 2.24) is 5.32 Å². The highest BCUT2D eigenvalue weighted by molar-refractivity contribution is 6.19. The zero-order valence-electron chi connectivity index (χ0n) is 12.1. The fraction of sp³-hybridized carbons (Fsp3) is 0.533. The lowest BCUT2D eigenvalue weighted by atomic mass is 10.0. The molecule has 1 amide bonds. The minimum absolute atomic E-state index is 0.260. The van der Waals surface area contributed by atoms with Crippen LogP contribution >= 0.6 is 11.6 Å². The molecule has 0 saturated carbocycles. The van der Waals surface area contributed by atoms with Gasteiger partial charge < -0.3 is 15.2 Å². The lowest BCUT2D eigenvalue weighted by Gasteiger charge is -2.24. The molecule has 0 aliphatic heterocycles. The fourth-order valence-electron chi connectivity index (χ4n) is 1.80. The highest BCUT2D eigenvalue weighted by Gasteiger charge is 2.21. The molecule has 4 nitrogen and oxygen atoms in total. The third-order valence-corrected chi connectivity index (χ3v) is 2.70. The fourth-order valence-corrected chi connectivity index (χ4v) is 2.02. The van der Waals surface area contributed by atoms with Crippen molar-refractivity contribution in [2.75, 3.05) is 0 Å². The number of nitrogens with one attached hydrogen (secondary N) is 1. The number of amides is 1. The van der Waals surface area contributed by atoms with Crippen molar-refractivity contribution in [3.63, 3.8) is 0 Å². The van der Waals surface area contributed by atoms with E-state index in [4.69, 9.17) is 16.3 Å². The highest BCUT2D eigenvalue weighted by atomic mass is 35.5. The van der Waals surface area contributed by atoms with Crippen molar-refractivity contribution in [2.45, 2.75) is 50.8 Å². The Bertz CT molecular complexity index is 415. The van der Waals surface area contributed by atoms with Crippen LogP contribution in [0.5, 0.6) is 0 Å². The average molecular weight is 300 g/mol. The van der Waals surface area contributed by atoms with Gasteiger partial charge >= 0.3 is 6.09 Å². The number of hydrogen-bond donors (Lipinski definition) is 2. The van der Waals surface area contributed by atoms with Crippen molar-refractivity contribution >= 4 is 17.7 Å². The maximum absolute atomic E-state index is 11.8. The molecule has 1 rings (SSSR count). The third-order valence-electron chi connectivity index (χ3n) is 2.52. The van der Waals surface area contributed by atoms with Gasteiger partial charge in [-0.1, -0.05) is 41.9 Å². The molecule has 0 aliphatic carbocycles. The Labute approximate surface area is 125 Å². The molecule has 0 saturated heterocycles. The Morgan fingerprint density at radius 2 is 1.95 bits per heavy atom. The summed E-state index contributed by atoms with van der Waals surface area (Å²) in [6, 6.07) is 9.43. The topological polar surface area (TPSA) is 58.6 Å². The number of carbonyl (C=O) groups is 1. The predicted octanol–water partition coefficient (Wildman–Crippen LogP) is 3.07. The number of hydrogen-bond acceptors (Lipinski definition) is 3. The SMILES string of the molecule is CC(C)(C)OC(=O)NC(Cc1ccccc1)CC(O)Cl. The van der Waals surface area contributed by atoms with E-state index in [2.05, 4.69) is 5.32 Å². The molecular weight excluding hydrogens is 278 g/mol. The minimum atomic E-state index is -1.00. The van der Waals surface area contributed by atoms with E-state index < -0.39 is 17.3 Å². The number of ether oxygens (including phenoxy) is 1. The summed E-state index contributed by atoms with van der Waals surface area (Å²) in [7, 11) is 0. The minimum Gasteiger partial charge on any atom is -0.444 e. The summed E-state index contributed by atoms with van der Waals surface area (Å²) in [4.78, 5) is 11.8. The van der Waals surface area contributed by atoms with Crippen LogP contribution in [0.3, 0.4) is 0 Å². The number of aliphatic hydroxyl groups is 1. The average Bonchev–Trinajstić information content (AvgIpc) is 2.26. The maximum atomic E-state index is 11.8. The molecule has 0 aliphatic rings. The number of halogens is 1. The maximum Gasteiger partial charge on any atom is 0.407 e. The van der Waals surface area contributed by atoms with Crippen molar-refractivity contribution < 1.29 is 14.6 Å². The molecule has 2 atom stereocenters. The van der Waals surface area contributed by atoms with Crippen LogP contribution in [-0.2, 0) is 11.2 Å². The van der Waals surface area contributed by atoms with Gasteiger partial charge in [-0.25, -0.2) is 4.79 Å². The highest BCUT2D eigenvalue weighted by Crippen LogP contribution is 2.12. The Hall–Kier alpha value is -1.26. The lowest BCUT2D eigenvalue weighted by Crippen LogP contribution is -2.41. The molecular formula is C15H22ClNO3. The van der Waals surface area contributed by atoms with E-state index in [9.17, 15) is 9.90 Å². The molecule has 0 aromatic heterocycles. The first-order valence-electron chi connectivity index (χ1n) is 6.62. The van der Waals surface area contributed by atoms with Gasteiger partial charge in [0.2, 0.25) is 0 Å². The number of aliphatic hydroxyl groups excluding tert-OH is 1. The quantitative estimate of drug-likeness (QED) is 0.822. The zero-order valence-corrected chi connectivity index (χ0v) is 12.9. The van der Waals surface area contributed by atoms with Crippen molar-refractivity contribution in [2.24, 2.45) is 0 Å². The van der Waals surface area contributed by atoms with E-state index in [1.165, 1.54) is 0 Å². The van der Waals surface area contributed by atoms with Crippen molar-refractivity contribution in [3.8, 4) is 0 Å². The van der Waals surface area contributed by atoms with Crippen LogP contribution in [-0.4, -0.2) is 28.4 Å². The van der Waals surface area contributed by atoms with Gasteiger partial charge in [-0.15, -0.1) is 0 Å². The van der Waals surface area contributed by atoms with E-state index in [-0.39, 0.29) is 12.5 Å². The van der Waals surface area contributed by atoms with Crippen LogP contribution in [0.15, 0.2) is 30.3 Å². The lowest BCUT2D eigenvalue weighted by molar-refractivity contribution is 0.0494. The molecule has 1 aromatic rings. The molecule has 0 heterocycles. The van der Waals surface area contributed by atoms with E-state index in [1.54, 1.807) is 20.8 Å². The van der Waals surface area contributed by atoms with Crippen LogP contribution in [0.4, 0.5) is 4.79 Å². The molecule has 2 unspecified atom stereocenters. The Morgan fingerprint density at radius 1 is 1.35 bits per heavy atom. The van der Waals surface area contributed by atoms with E-state index in [1.807, 2.05) is 30.3 Å². The number of alkyl halides is 1. The first-order chi connectivity index (χ1) is 9.26. The number of alkyl carbamates (subject to hydrolysis) is 1. The normalized spacial score (nSPS) is 14.4. The van der Waals surface area contributed by atoms with Gasteiger partial charge in [0.1, 0.15) is 11.2 Å². The molecule has 0 fully saturated rings. The van der Waals surface area contributed by atoms with Crippen molar-refractivity contribution in [1.29, 1.82) is 0 Å². The van der Waals surface area contributed by atoms with Crippen LogP contribution in [0.25, 0.3) is 0 Å². The van der Waals surface area contributed by atoms with Gasteiger partial charge in [0, 0.05) is 12.5 Å². The van der Waals surface area contributed by atoms with Crippen LogP contribution in [0.1, 0.15) is 32.8 Å². The number of benzene rings is 1. The Kier molecular flexibility index (Phi) is 6.30. The molecule has 5 heteroatoms. The summed E-state index contributed by atoms with van der Waals surface area (Å²) in [5, 5.41) is 12.1. The second-order valence-electron chi connectivity index (χ2n) is 5.70. The van der Waals surface area contributed by atoms with Gasteiger partial charge in [0.05, 0.1) is 0 Å². The summed E-state index contributed by atoms with van der Waals surface area (Å²) in [5.74, 6) is 0. The molecule has 20 heavy (non-hydrogen) atoms. The summed E-state index contributed by atoms with van der Waals surface area (Å²) >= 11 is 5.62. The largest absolute Gasteiger partial charge is 0.444 e. The van der Waals surface area contributed by atoms with Crippen molar-refractivity contribution in [3.05, 3.63) is 35.9 Å². The molecule has 0 radical (unpaired) electrons. The number of rotatable bonds is 5. The standard InChI is InChI=1S/C15H22ClNO3/c1-15(2,3)20-14(19)17-12(10-13(16)18)9-11-7-5-4-6-8-11/h4-8,12-13,18H,9-10H2,1-3H3,(H,17,19). The summed E-state index contributed by atoms with van der Waals surface area (Å²) in [5.41, 5.74) is -0.495. The smallest absolute Gasteiger partial charge is 0.407 e. The van der Waals surface area contributed by atoms with Gasteiger partial charge in [0.25, 0.3) is 0 Å². The Morgan fingerprint density at radius 3 is 2.45 bits per heavy atom. The molecule has 0 bridgehead atoms. The van der Waals surface area contributed by atoms with Gasteiger partial charge in [0.15, 0.2) is 0 Å². The van der Waals surface area contributed by atoms with Gasteiger partial charge in [-0.05, 0) is 32.8 Å². The third kappa shape index (κ3) is 7.36. The number of carbonyl (C=O) groups excluding carboxylic acids is 1. The second-order valence-corrected chi connectivity index (χ2v) is 6.21. The van der Waals surface area contributed by atoms with Gasteiger partial charge in [-0.3, -0.25) is 0 Å². The molecule has 112 valence electrons. The van der Waals surface area contributed by atoms with E-state index >= 15 is 0 Å². The van der Waals surface area contributed by atoms with Crippen LogP contribution in [0.2, 0.25) is 0 Å². The molecule has 2 N–H and O–H groups in total. The zero-order chi connectivity index (χ0) is 15.2. The van der Waals surface area contributed by atoms with Crippen LogP contribution < -0.4 is 5.32 Å². The molecule has 1 aromatic carbocycles. The first-order valence-corrected chi connectivity index (χ1v) is 7.05. The monoisotopic (exact) mass is 299 g/mol. The summed E-state index contributed by atoms with van der Waals surface area (Å²) in [6.45, 7) is 5.40. The first kappa shape index (κ1) is 16.8.